The molecule has 138 valence electrons. The lowest BCUT2D eigenvalue weighted by Gasteiger charge is -2.05. The maximum Gasteiger partial charge on any atom is 0.302 e. The van der Waals surface area contributed by atoms with Crippen molar-refractivity contribution in [3.05, 3.63) is 0 Å². The molecule has 0 saturated heterocycles. The summed E-state index contributed by atoms with van der Waals surface area (Å²) in [5.41, 5.74) is 0. The van der Waals surface area contributed by atoms with Crippen molar-refractivity contribution in [2.45, 2.75) is 40.7 Å². The van der Waals surface area contributed by atoms with E-state index >= 15 is 0 Å². The SMILES string of the molecule is CC(=O)O.CC(=O)O.CC(=O)OCC(O)CO.CCOC(C)=O. The lowest BCUT2D eigenvalue weighted by molar-refractivity contribution is -0.144. The maximum atomic E-state index is 10.0. The van der Waals surface area contributed by atoms with E-state index in [-0.39, 0.29) is 19.2 Å². The Labute approximate surface area is 134 Å². The summed E-state index contributed by atoms with van der Waals surface area (Å²) in [6, 6.07) is 0. The summed E-state index contributed by atoms with van der Waals surface area (Å²) < 4.78 is 8.75. The van der Waals surface area contributed by atoms with Crippen LogP contribution >= 0.6 is 0 Å². The number of carbonyl (C=O) groups excluding carboxylic acids is 2. The summed E-state index contributed by atoms with van der Waals surface area (Å²) in [7, 11) is 0. The molecule has 0 spiro atoms. The molecule has 10 heteroatoms. The van der Waals surface area contributed by atoms with Gasteiger partial charge < -0.3 is 29.9 Å². The zero-order chi connectivity index (χ0) is 19.4. The van der Waals surface area contributed by atoms with Crippen LogP contribution in [0.25, 0.3) is 0 Å². The molecule has 0 aromatic heterocycles. The first-order chi connectivity index (χ1) is 10.4. The van der Waals surface area contributed by atoms with Crippen molar-refractivity contribution in [2.24, 2.45) is 0 Å². The maximum absolute atomic E-state index is 10.0. The number of carboxylic acids is 2. The van der Waals surface area contributed by atoms with Crippen LogP contribution in [0.3, 0.4) is 0 Å². The Hall–Kier alpha value is -2.20. The van der Waals surface area contributed by atoms with Crippen LogP contribution in [0.4, 0.5) is 0 Å². The minimum absolute atomic E-state index is 0.133. The first kappa shape index (κ1) is 28.9. The van der Waals surface area contributed by atoms with Gasteiger partial charge in [-0.1, -0.05) is 0 Å². The van der Waals surface area contributed by atoms with Gasteiger partial charge in [-0.2, -0.15) is 0 Å². The zero-order valence-electron chi connectivity index (χ0n) is 13.9. The van der Waals surface area contributed by atoms with Gasteiger partial charge in [-0.3, -0.25) is 19.2 Å². The van der Waals surface area contributed by atoms with Crippen LogP contribution in [0.2, 0.25) is 0 Å². The van der Waals surface area contributed by atoms with Gasteiger partial charge in [0.1, 0.15) is 12.7 Å². The third-order valence-electron chi connectivity index (χ3n) is 1.04. The second-order valence-corrected chi connectivity index (χ2v) is 3.60. The average molecular weight is 342 g/mol. The molecule has 1 atom stereocenters. The van der Waals surface area contributed by atoms with Crippen LogP contribution in [0.15, 0.2) is 0 Å². The smallest absolute Gasteiger partial charge is 0.302 e. The third-order valence-corrected chi connectivity index (χ3v) is 1.04. The Morgan fingerprint density at radius 2 is 1.17 bits per heavy atom. The monoisotopic (exact) mass is 342 g/mol. The van der Waals surface area contributed by atoms with E-state index in [1.807, 2.05) is 0 Å². The summed E-state index contributed by atoms with van der Waals surface area (Å²) in [6.07, 6.45) is -0.950. The molecule has 0 aromatic rings. The van der Waals surface area contributed by atoms with Crippen molar-refractivity contribution >= 4 is 23.9 Å². The number of aliphatic hydroxyl groups excluding tert-OH is 2. The van der Waals surface area contributed by atoms with Gasteiger partial charge in [0.15, 0.2) is 0 Å². The van der Waals surface area contributed by atoms with Crippen LogP contribution in [-0.2, 0) is 28.7 Å². The molecule has 0 aromatic carbocycles. The summed E-state index contributed by atoms with van der Waals surface area (Å²) in [6.45, 7) is 6.55. The van der Waals surface area contributed by atoms with E-state index in [1.165, 1.54) is 13.8 Å². The van der Waals surface area contributed by atoms with Gasteiger partial charge in [-0.15, -0.1) is 0 Å². The van der Waals surface area contributed by atoms with Gasteiger partial charge >= 0.3 is 11.9 Å². The Bertz CT molecular complexity index is 307. The van der Waals surface area contributed by atoms with E-state index in [1.54, 1.807) is 6.92 Å². The van der Waals surface area contributed by atoms with Gasteiger partial charge in [0.2, 0.25) is 0 Å². The molecular weight excluding hydrogens is 316 g/mol. The first-order valence-corrected chi connectivity index (χ1v) is 6.35. The molecule has 4 N–H and O–H groups in total. The molecule has 1 unspecified atom stereocenters. The molecule has 0 amide bonds. The van der Waals surface area contributed by atoms with E-state index in [0.717, 1.165) is 13.8 Å². The Morgan fingerprint density at radius 3 is 1.30 bits per heavy atom. The van der Waals surface area contributed by atoms with Gasteiger partial charge in [-0.25, -0.2) is 0 Å². The van der Waals surface area contributed by atoms with Gasteiger partial charge in [-0.05, 0) is 6.92 Å². The Morgan fingerprint density at radius 1 is 0.870 bits per heavy atom. The molecule has 0 aliphatic carbocycles. The highest BCUT2D eigenvalue weighted by Crippen LogP contribution is 1.83. The zero-order valence-corrected chi connectivity index (χ0v) is 13.9. The number of hydrogen-bond donors (Lipinski definition) is 4. The Kier molecular flexibility index (Phi) is 27.7. The van der Waals surface area contributed by atoms with Crippen molar-refractivity contribution in [3.8, 4) is 0 Å². The fourth-order valence-electron chi connectivity index (χ4n) is 0.470. The first-order valence-electron chi connectivity index (χ1n) is 6.35. The second kappa shape index (κ2) is 22.1. The van der Waals surface area contributed by atoms with E-state index < -0.39 is 24.0 Å². The standard InChI is InChI=1S/C5H10O4.C4H8O2.2C2H4O2/c1-4(7)9-3-5(8)2-6;1-3-6-4(2)5;2*1-2(3)4/h5-6,8H,2-3H2,1H3;3H2,1-2H3;2*1H3,(H,3,4). The van der Waals surface area contributed by atoms with Crippen molar-refractivity contribution in [1.29, 1.82) is 0 Å². The lowest BCUT2D eigenvalue weighted by Crippen LogP contribution is -2.20. The predicted molar refractivity (Wildman–Crippen MR) is 78.7 cm³/mol. The summed E-state index contributed by atoms with van der Waals surface area (Å²) in [5, 5.41) is 31.6. The fourth-order valence-corrected chi connectivity index (χ4v) is 0.470. The molecule has 10 nitrogen and oxygen atoms in total. The molecule has 23 heavy (non-hydrogen) atoms. The van der Waals surface area contributed by atoms with Crippen LogP contribution in [-0.4, -0.2) is 70.2 Å². The van der Waals surface area contributed by atoms with Gasteiger partial charge in [0.25, 0.3) is 11.9 Å². The molecule has 0 aliphatic rings. The molecule has 0 fully saturated rings. The number of hydrogen-bond acceptors (Lipinski definition) is 8. The molecule has 0 aliphatic heterocycles. The highest BCUT2D eigenvalue weighted by Gasteiger charge is 2.02. The largest absolute Gasteiger partial charge is 0.481 e. The van der Waals surface area contributed by atoms with Crippen LogP contribution in [0.1, 0.15) is 34.6 Å². The number of ether oxygens (including phenoxy) is 2. The Balaban J connectivity index is -0.000000112. The summed E-state index contributed by atoms with van der Waals surface area (Å²) in [4.78, 5) is 37.9. The predicted octanol–water partition coefficient (Wildman–Crippen LogP) is -0.346. The number of carbonyl (C=O) groups is 4. The lowest BCUT2D eigenvalue weighted by atomic mass is 10.4. The van der Waals surface area contributed by atoms with Crippen molar-refractivity contribution in [1.82, 2.24) is 0 Å². The normalized spacial score (nSPS) is 9.17. The fraction of sp³-hybridized carbons (Fsp3) is 0.692. The topological polar surface area (TPSA) is 168 Å². The van der Waals surface area contributed by atoms with Crippen LogP contribution in [0, 0.1) is 0 Å². The van der Waals surface area contributed by atoms with Crippen molar-refractivity contribution in [2.75, 3.05) is 19.8 Å². The van der Waals surface area contributed by atoms with Crippen molar-refractivity contribution < 1.29 is 49.1 Å². The van der Waals surface area contributed by atoms with Crippen LogP contribution < -0.4 is 0 Å². The molecule has 0 heterocycles. The van der Waals surface area contributed by atoms with E-state index in [2.05, 4.69) is 9.47 Å². The van der Waals surface area contributed by atoms with Gasteiger partial charge in [0.05, 0.1) is 13.2 Å². The summed E-state index contributed by atoms with van der Waals surface area (Å²) in [5.74, 6) is -2.33. The minimum atomic E-state index is -0.950. The molecule has 0 radical (unpaired) electrons. The quantitative estimate of drug-likeness (QED) is 0.496. The second-order valence-electron chi connectivity index (χ2n) is 3.60. The van der Waals surface area contributed by atoms with Crippen LogP contribution in [0.5, 0.6) is 0 Å². The number of esters is 2. The molecular formula is C13H26O10. The third kappa shape index (κ3) is 103. The van der Waals surface area contributed by atoms with Gasteiger partial charge in [0, 0.05) is 27.7 Å². The highest BCUT2D eigenvalue weighted by atomic mass is 16.5. The highest BCUT2D eigenvalue weighted by molar-refractivity contribution is 5.66. The average Bonchev–Trinajstić information content (AvgIpc) is 2.35. The summed E-state index contributed by atoms with van der Waals surface area (Å²) >= 11 is 0. The van der Waals surface area contributed by atoms with E-state index in [9.17, 15) is 9.59 Å². The number of rotatable bonds is 4. The number of aliphatic carboxylic acids is 2. The molecule has 0 saturated carbocycles. The molecule has 0 bridgehead atoms. The number of carboxylic acid groups (broad SMARTS) is 2. The molecule has 0 rings (SSSR count). The van der Waals surface area contributed by atoms with E-state index in [0.29, 0.717) is 6.61 Å². The van der Waals surface area contributed by atoms with E-state index in [4.69, 9.17) is 30.0 Å². The minimum Gasteiger partial charge on any atom is -0.481 e. The number of aliphatic hydroxyl groups is 2. The van der Waals surface area contributed by atoms with Crippen molar-refractivity contribution in [3.63, 3.8) is 0 Å².